The van der Waals surface area contributed by atoms with Crippen LogP contribution in [0.25, 0.3) is 11.2 Å². The van der Waals surface area contributed by atoms with Gasteiger partial charge in [-0.05, 0) is 107 Å². The second-order valence-electron chi connectivity index (χ2n) is 29.1. The van der Waals surface area contributed by atoms with Gasteiger partial charge in [-0.25, -0.2) is 29.1 Å². The van der Waals surface area contributed by atoms with Crippen LogP contribution in [-0.2, 0) is 82.7 Å². The first-order chi connectivity index (χ1) is 52.2. The number of aliphatic carboxylic acids is 1. The van der Waals surface area contributed by atoms with Crippen LogP contribution in [0.4, 0.5) is 16.4 Å². The molecule has 12 N–H and O–H groups in total. The van der Waals surface area contributed by atoms with Crippen molar-refractivity contribution in [3.05, 3.63) is 135 Å². The summed E-state index contributed by atoms with van der Waals surface area (Å²) >= 11 is 0. The lowest BCUT2D eigenvalue weighted by molar-refractivity contribution is -0.346. The topological polar surface area (TPSA) is 492 Å². The molecule has 3 aromatic carbocycles. The number of amides is 4. The molecule has 2 saturated carbocycles. The molecule has 34 nitrogen and oxygen atoms in total. The smallest absolute Gasteiger partial charge is 0.408 e. The van der Waals surface area contributed by atoms with E-state index in [1.165, 1.54) is 70.3 Å². The zero-order valence-electron chi connectivity index (χ0n) is 62.5. The van der Waals surface area contributed by atoms with Gasteiger partial charge in [0.2, 0.25) is 23.9 Å². The third-order valence-electron chi connectivity index (χ3n) is 20.1. The van der Waals surface area contributed by atoms with Crippen LogP contribution in [0.1, 0.15) is 145 Å². The maximum absolute atomic E-state index is 15.4. The van der Waals surface area contributed by atoms with Crippen molar-refractivity contribution < 1.29 is 111 Å². The van der Waals surface area contributed by atoms with Gasteiger partial charge < -0.3 is 95.4 Å². The fourth-order valence-electron chi connectivity index (χ4n) is 14.4. The highest BCUT2D eigenvalue weighted by atomic mass is 16.6. The van der Waals surface area contributed by atoms with Crippen LogP contribution in [0.5, 0.6) is 0 Å². The van der Waals surface area contributed by atoms with Gasteiger partial charge in [0.25, 0.3) is 11.5 Å². The number of benzene rings is 3. The number of carboxylic acid groups (broad SMARTS) is 1. The first-order valence-corrected chi connectivity index (χ1v) is 36.2. The number of aromatic amines is 1. The molecule has 3 fully saturated rings. The van der Waals surface area contributed by atoms with Crippen LogP contribution in [0, 0.1) is 16.7 Å². The Morgan fingerprint density at radius 3 is 1.99 bits per heavy atom. The number of rotatable bonds is 35. The molecule has 1 saturated heterocycles. The Balaban J connectivity index is 0.720. The van der Waals surface area contributed by atoms with Gasteiger partial charge in [-0.15, -0.1) is 0 Å². The van der Waals surface area contributed by atoms with Gasteiger partial charge in [0.15, 0.2) is 22.5 Å². The number of aromatic nitrogens is 4. The summed E-state index contributed by atoms with van der Waals surface area (Å²) < 4.78 is 53.1. The molecule has 2 bridgehead atoms. The number of alkyl carbamates (subject to hydrolysis) is 1. The second-order valence-corrected chi connectivity index (χ2v) is 29.1. The fraction of sp³-hybridized carbons (Fsp3) is 0.526. The molecule has 0 spiro atoms. The van der Waals surface area contributed by atoms with Gasteiger partial charge in [0, 0.05) is 75.6 Å². The van der Waals surface area contributed by atoms with E-state index in [0.29, 0.717) is 24.2 Å². The number of fused-ring (bicyclic) bond motifs is 6. The molecular formula is C76H96N10O24. The Labute approximate surface area is 632 Å². The van der Waals surface area contributed by atoms with E-state index in [1.807, 2.05) is 0 Å². The molecule has 4 amide bonds. The summed E-state index contributed by atoms with van der Waals surface area (Å²) in [4.78, 5) is 164. The number of nitrogens with one attached hydrogen (secondary N) is 6. The van der Waals surface area contributed by atoms with E-state index in [4.69, 9.17) is 48.4 Å². The molecule has 594 valence electrons. The molecular weight excluding hydrogens is 1440 g/mol. The predicted octanol–water partition coefficient (Wildman–Crippen LogP) is 3.54. The maximum Gasteiger partial charge on any atom is 0.408 e. The summed E-state index contributed by atoms with van der Waals surface area (Å²) in [5.41, 5.74) is -2.70. The van der Waals surface area contributed by atoms with Crippen molar-refractivity contribution in [3.8, 4) is 0 Å². The van der Waals surface area contributed by atoms with Crippen LogP contribution in [-0.4, -0.2) is 219 Å². The van der Waals surface area contributed by atoms with Crippen LogP contribution in [0.15, 0.2) is 107 Å². The Bertz CT molecular complexity index is 4250. The standard InChI is InChI=1S/C76H96N10O24/c1-42-50(38-76(101)63(108-68(98)46-19-13-10-14-20-46)61-74(8,62(93)59(92)56(42)73(76,6)7)51(88)37-52-75(61,41-105-52)109-43(2)87)106-69(99)60(57(44-17-11-9-12-18-44)84-71(100)110-72(3,4)5)107-55(91)28-27-54(90)79-30-16-32-103-34-36-104-35-33-102-31-15-29-78-53(89)26-25-49(67(96)97)83-65(94)45-21-23-47(24-22-45)80-39-48-40-81-58-64(82-48)85-70(77)86-66(58)95/h9-14,17-24,40,49-52,57,59-61,63,80,88,92,101H,15-16,25-39,41H2,1-8H3,(H,78,89)(H,79,90)(H,83,94)(H,84,100)(H,96,97)(H3,77,82,85,86,95)/t49?,50-,51-,52+,57-,59+,60+,61-,63-,74+,75-,76+/m1/s1. The molecule has 3 heterocycles. The van der Waals surface area contributed by atoms with E-state index in [1.54, 1.807) is 69.3 Å². The first kappa shape index (κ1) is 83.7. The van der Waals surface area contributed by atoms with Gasteiger partial charge in [-0.2, -0.15) is 4.98 Å². The van der Waals surface area contributed by atoms with Crippen LogP contribution in [0.2, 0.25) is 0 Å². The molecule has 1 aliphatic heterocycles. The maximum atomic E-state index is 15.4. The fourth-order valence-corrected chi connectivity index (χ4v) is 14.4. The largest absolute Gasteiger partial charge is 0.480 e. The van der Waals surface area contributed by atoms with Gasteiger partial charge in [-0.1, -0.05) is 62.4 Å². The molecule has 4 aliphatic rings. The lowest BCUT2D eigenvalue weighted by atomic mass is 9.44. The molecule has 0 radical (unpaired) electrons. The highest BCUT2D eigenvalue weighted by molar-refractivity contribution is 5.97. The molecule has 1 unspecified atom stereocenters. The summed E-state index contributed by atoms with van der Waals surface area (Å²) in [5.74, 6) is -9.88. The summed E-state index contributed by atoms with van der Waals surface area (Å²) in [7, 11) is 0. The molecule has 2 aromatic heterocycles. The zero-order chi connectivity index (χ0) is 79.9. The number of nitrogen functional groups attached to an aromatic ring is 1. The highest BCUT2D eigenvalue weighted by Gasteiger charge is 2.78. The van der Waals surface area contributed by atoms with Crippen molar-refractivity contribution in [2.45, 2.75) is 179 Å². The third kappa shape index (κ3) is 20.0. The number of hydrogen-bond acceptors (Lipinski definition) is 28. The predicted molar refractivity (Wildman–Crippen MR) is 389 cm³/mol. The molecule has 110 heavy (non-hydrogen) atoms. The average molecular weight is 1530 g/mol. The molecule has 9 rings (SSSR count). The molecule has 12 atom stereocenters. The number of Topliss-reactive ketones (excluding diaryl/α,β-unsaturated/α-hetero) is 1. The summed E-state index contributed by atoms with van der Waals surface area (Å²) in [6.45, 7) is 13.4. The summed E-state index contributed by atoms with van der Waals surface area (Å²) in [6, 6.07) is 18.9. The van der Waals surface area contributed by atoms with Crippen LogP contribution >= 0.6 is 0 Å². The van der Waals surface area contributed by atoms with Crippen molar-refractivity contribution in [2.24, 2.45) is 16.7 Å². The number of anilines is 2. The summed E-state index contributed by atoms with van der Waals surface area (Å²) in [5, 5.41) is 61.9. The Morgan fingerprint density at radius 2 is 1.39 bits per heavy atom. The number of ether oxygens (including phenoxy) is 9. The van der Waals surface area contributed by atoms with Gasteiger partial charge >= 0.3 is 35.9 Å². The number of carbonyl (C=O) groups is 10. The number of aliphatic hydroxyl groups excluding tert-OH is 2. The van der Waals surface area contributed by atoms with Gasteiger partial charge in [-0.3, -0.25) is 38.5 Å². The zero-order valence-corrected chi connectivity index (χ0v) is 62.5. The minimum atomic E-state index is -2.51. The number of esters is 4. The number of aliphatic hydroxyl groups is 3. The van der Waals surface area contributed by atoms with E-state index in [2.05, 4.69) is 46.5 Å². The third-order valence-corrected chi connectivity index (χ3v) is 20.1. The van der Waals surface area contributed by atoms with Crippen molar-refractivity contribution in [2.75, 3.05) is 70.4 Å². The van der Waals surface area contributed by atoms with Gasteiger partial charge in [0.1, 0.15) is 47.7 Å². The highest BCUT2D eigenvalue weighted by Crippen LogP contribution is 2.64. The number of nitrogens with two attached hydrogens (primary N) is 1. The number of ketones is 1. The minimum absolute atomic E-state index is 0.0151. The monoisotopic (exact) mass is 1530 g/mol. The first-order valence-electron chi connectivity index (χ1n) is 36.2. The van der Waals surface area contributed by atoms with Crippen molar-refractivity contribution in [1.29, 1.82) is 0 Å². The number of H-pyrrole nitrogens is 1. The number of carboxylic acids is 1. The molecule has 5 aromatic rings. The lowest BCUT2D eigenvalue weighted by Gasteiger charge is -2.67. The number of hydrogen-bond donors (Lipinski definition) is 11. The molecule has 3 aliphatic carbocycles. The van der Waals surface area contributed by atoms with Crippen molar-refractivity contribution in [1.82, 2.24) is 41.2 Å². The van der Waals surface area contributed by atoms with E-state index in [9.17, 15) is 63.6 Å². The van der Waals surface area contributed by atoms with E-state index in [0.717, 1.165) is 6.92 Å². The Kier molecular flexibility index (Phi) is 27.7. The van der Waals surface area contributed by atoms with E-state index >= 15 is 9.59 Å². The number of nitrogens with zero attached hydrogens (tertiary/aromatic N) is 3. The number of carbonyl (C=O) groups excluding carboxylic acids is 9. The Morgan fingerprint density at radius 1 is 0.773 bits per heavy atom. The lowest BCUT2D eigenvalue weighted by Crippen LogP contribution is -2.81. The normalized spacial score (nSPS) is 23.3. The quantitative estimate of drug-likeness (QED) is 0.0120. The average Bonchev–Trinajstić information content (AvgIpc) is 0.669. The van der Waals surface area contributed by atoms with Crippen LogP contribution in [0.3, 0.4) is 0 Å². The van der Waals surface area contributed by atoms with Crippen molar-refractivity contribution >= 4 is 82.2 Å². The van der Waals surface area contributed by atoms with Crippen molar-refractivity contribution in [3.63, 3.8) is 0 Å². The second kappa shape index (κ2) is 36.4. The van der Waals surface area contributed by atoms with E-state index in [-0.39, 0.29) is 130 Å². The summed E-state index contributed by atoms with van der Waals surface area (Å²) in [6.07, 6.45) is -11.6. The van der Waals surface area contributed by atoms with Crippen LogP contribution < -0.4 is 37.9 Å². The van der Waals surface area contributed by atoms with E-state index < -0.39 is 167 Å². The minimum Gasteiger partial charge on any atom is -0.480 e. The SMILES string of the molecule is CC(=O)O[C@]12CO[C@H]1C[C@@H](O)[C@]1(C)C(=O)[C@@H](O)C3=C(C)[C@H](OC(=O)[C@@H](OC(=O)CCC(=O)NCCCOCCOCCOCCCNC(=O)CCC(NC(=O)c4ccc(NCc5cnc6c(=O)[nH]c(N)nc6n5)cc4)C(=O)O)[C@H](NC(=O)OC(C)(C)C)c4ccccc4)C[C@](O)([C@H](OC(=O)c4ccccc4)[C@@H]21)C3(C)C. The Hall–Kier alpha value is -10.4. The van der Waals surface area contributed by atoms with Gasteiger partial charge in [0.05, 0.1) is 80.9 Å². The molecule has 34 heteroatoms.